The van der Waals surface area contributed by atoms with Crippen LogP contribution in [0.1, 0.15) is 32.1 Å². The Bertz CT molecular complexity index is 622. The van der Waals surface area contributed by atoms with Crippen LogP contribution in [0.5, 0.6) is 0 Å². The van der Waals surface area contributed by atoms with E-state index in [0.717, 1.165) is 25.2 Å². The molecule has 0 aromatic heterocycles. The highest BCUT2D eigenvalue weighted by atomic mass is 32.2. The highest BCUT2D eigenvalue weighted by molar-refractivity contribution is 7.90. The van der Waals surface area contributed by atoms with E-state index in [-0.39, 0.29) is 10.6 Å². The number of nitro groups is 1. The quantitative estimate of drug-likeness (QED) is 0.667. The zero-order chi connectivity index (χ0) is 15.5. The van der Waals surface area contributed by atoms with E-state index in [1.54, 1.807) is 0 Å². The second kappa shape index (κ2) is 6.43. The fraction of sp³-hybridized carbons (Fsp3) is 0.571. The van der Waals surface area contributed by atoms with Gasteiger partial charge in [0.05, 0.1) is 9.82 Å². The molecule has 1 aromatic carbocycles. The number of nitrogens with zero attached hydrogens (tertiary/aromatic N) is 1. The number of rotatable bonds is 5. The maximum atomic E-state index is 11.5. The van der Waals surface area contributed by atoms with E-state index in [9.17, 15) is 18.5 Å². The lowest BCUT2D eigenvalue weighted by atomic mass is 9.89. The summed E-state index contributed by atoms with van der Waals surface area (Å²) in [6.07, 6.45) is 7.01. The van der Waals surface area contributed by atoms with Crippen molar-refractivity contribution < 1.29 is 13.3 Å². The highest BCUT2D eigenvalue weighted by Gasteiger charge is 2.20. The smallest absolute Gasteiger partial charge is 0.293 e. The molecule has 0 atom stereocenters. The summed E-state index contributed by atoms with van der Waals surface area (Å²) in [5.74, 6) is 0.535. The summed E-state index contributed by atoms with van der Waals surface area (Å²) in [5.41, 5.74) is 0.201. The molecular weight excluding hydrogens is 292 g/mol. The van der Waals surface area contributed by atoms with E-state index in [0.29, 0.717) is 18.2 Å². The lowest BCUT2D eigenvalue weighted by Crippen LogP contribution is -2.17. The molecule has 1 aliphatic carbocycles. The summed E-state index contributed by atoms with van der Waals surface area (Å²) in [6, 6.07) is 4.02. The molecule has 2 rings (SSSR count). The maximum absolute atomic E-state index is 11.5. The molecule has 0 unspecified atom stereocenters. The van der Waals surface area contributed by atoms with Gasteiger partial charge in [0.1, 0.15) is 5.69 Å². The minimum Gasteiger partial charge on any atom is -0.379 e. The lowest BCUT2D eigenvalue weighted by Gasteiger charge is -2.22. The molecule has 1 N–H and O–H groups in total. The van der Waals surface area contributed by atoms with Crippen LogP contribution in [0.4, 0.5) is 11.4 Å². The molecule has 1 saturated carbocycles. The van der Waals surface area contributed by atoms with Gasteiger partial charge < -0.3 is 5.32 Å². The number of nitro benzene ring substituents is 1. The normalized spacial score (nSPS) is 16.6. The van der Waals surface area contributed by atoms with Crippen LogP contribution in [0.25, 0.3) is 0 Å². The largest absolute Gasteiger partial charge is 0.379 e. The zero-order valence-electron chi connectivity index (χ0n) is 12.0. The van der Waals surface area contributed by atoms with E-state index in [1.165, 1.54) is 31.4 Å². The predicted octanol–water partition coefficient (Wildman–Crippen LogP) is 2.99. The Hall–Kier alpha value is -1.63. The van der Waals surface area contributed by atoms with Gasteiger partial charge in [0, 0.05) is 18.9 Å². The summed E-state index contributed by atoms with van der Waals surface area (Å²) < 4.78 is 23.0. The molecule has 0 saturated heterocycles. The van der Waals surface area contributed by atoms with Crippen molar-refractivity contribution in [3.8, 4) is 0 Å². The first kappa shape index (κ1) is 15.8. The van der Waals surface area contributed by atoms with Crippen LogP contribution in [-0.4, -0.2) is 26.1 Å². The summed E-state index contributed by atoms with van der Waals surface area (Å²) in [6.45, 7) is 0.694. The van der Waals surface area contributed by atoms with E-state index in [2.05, 4.69) is 5.32 Å². The Labute approximate surface area is 124 Å². The van der Waals surface area contributed by atoms with Gasteiger partial charge in [0.15, 0.2) is 9.84 Å². The minimum atomic E-state index is -3.44. The molecule has 1 aliphatic rings. The van der Waals surface area contributed by atoms with Gasteiger partial charge >= 0.3 is 0 Å². The number of sulfone groups is 1. The Morgan fingerprint density at radius 2 is 1.95 bits per heavy atom. The summed E-state index contributed by atoms with van der Waals surface area (Å²) in [7, 11) is -3.44. The van der Waals surface area contributed by atoms with Crippen molar-refractivity contribution in [3.63, 3.8) is 0 Å². The fourth-order valence-corrected chi connectivity index (χ4v) is 3.33. The Balaban J connectivity index is 2.16. The fourth-order valence-electron chi connectivity index (χ4n) is 2.69. The Morgan fingerprint density at radius 3 is 2.52 bits per heavy atom. The molecule has 0 spiro atoms. The van der Waals surface area contributed by atoms with Crippen LogP contribution in [0, 0.1) is 16.0 Å². The van der Waals surface area contributed by atoms with Crippen LogP contribution in [0.15, 0.2) is 23.1 Å². The molecule has 6 nitrogen and oxygen atoms in total. The van der Waals surface area contributed by atoms with Gasteiger partial charge in [-0.15, -0.1) is 0 Å². The van der Waals surface area contributed by atoms with Crippen molar-refractivity contribution in [2.24, 2.45) is 5.92 Å². The molecule has 0 heterocycles. The number of anilines is 1. The molecule has 21 heavy (non-hydrogen) atoms. The Kier molecular flexibility index (Phi) is 4.82. The van der Waals surface area contributed by atoms with Gasteiger partial charge in [-0.2, -0.15) is 0 Å². The van der Waals surface area contributed by atoms with Gasteiger partial charge in [0.2, 0.25) is 0 Å². The molecule has 1 aromatic rings. The van der Waals surface area contributed by atoms with E-state index >= 15 is 0 Å². The SMILES string of the molecule is CS(=O)(=O)c1ccc(NCC2CCCCC2)c([N+](=O)[O-])c1. The van der Waals surface area contributed by atoms with Gasteiger partial charge in [-0.05, 0) is 30.9 Å². The van der Waals surface area contributed by atoms with Crippen molar-refractivity contribution in [2.75, 3.05) is 18.1 Å². The second-order valence-corrected chi connectivity index (χ2v) is 7.61. The maximum Gasteiger partial charge on any atom is 0.293 e. The monoisotopic (exact) mass is 312 g/mol. The summed E-state index contributed by atoms with van der Waals surface area (Å²) in [5, 5.41) is 14.2. The molecule has 1 fully saturated rings. The summed E-state index contributed by atoms with van der Waals surface area (Å²) >= 11 is 0. The topological polar surface area (TPSA) is 89.3 Å². The van der Waals surface area contributed by atoms with Crippen molar-refractivity contribution in [2.45, 2.75) is 37.0 Å². The van der Waals surface area contributed by atoms with Gasteiger partial charge in [-0.1, -0.05) is 19.3 Å². The molecule has 116 valence electrons. The number of hydrogen-bond acceptors (Lipinski definition) is 5. The van der Waals surface area contributed by atoms with Crippen LogP contribution in [0.3, 0.4) is 0 Å². The first-order chi connectivity index (χ1) is 9.88. The third-order valence-electron chi connectivity index (χ3n) is 3.90. The van der Waals surface area contributed by atoms with Crippen LogP contribution >= 0.6 is 0 Å². The van der Waals surface area contributed by atoms with Crippen LogP contribution < -0.4 is 5.32 Å². The van der Waals surface area contributed by atoms with Crippen molar-refractivity contribution in [1.29, 1.82) is 0 Å². The first-order valence-electron chi connectivity index (χ1n) is 7.10. The molecule has 0 radical (unpaired) electrons. The number of nitrogens with one attached hydrogen (secondary N) is 1. The third-order valence-corrected chi connectivity index (χ3v) is 5.01. The highest BCUT2D eigenvalue weighted by Crippen LogP contribution is 2.29. The first-order valence-corrected chi connectivity index (χ1v) is 8.99. The lowest BCUT2D eigenvalue weighted by molar-refractivity contribution is -0.384. The second-order valence-electron chi connectivity index (χ2n) is 5.59. The Morgan fingerprint density at radius 1 is 1.29 bits per heavy atom. The number of hydrogen-bond donors (Lipinski definition) is 1. The van der Waals surface area contributed by atoms with E-state index < -0.39 is 14.8 Å². The molecule has 0 bridgehead atoms. The predicted molar refractivity (Wildman–Crippen MR) is 81.3 cm³/mol. The van der Waals surface area contributed by atoms with Crippen molar-refractivity contribution in [3.05, 3.63) is 28.3 Å². The van der Waals surface area contributed by atoms with E-state index in [1.807, 2.05) is 0 Å². The minimum absolute atomic E-state index is 0.0302. The molecular formula is C14H20N2O4S. The van der Waals surface area contributed by atoms with Crippen molar-refractivity contribution >= 4 is 21.2 Å². The molecule has 0 amide bonds. The van der Waals surface area contributed by atoms with Crippen LogP contribution in [-0.2, 0) is 9.84 Å². The van der Waals surface area contributed by atoms with Gasteiger partial charge in [-0.3, -0.25) is 10.1 Å². The van der Waals surface area contributed by atoms with Crippen LogP contribution in [0.2, 0.25) is 0 Å². The molecule has 0 aliphatic heterocycles. The zero-order valence-corrected chi connectivity index (χ0v) is 12.9. The summed E-state index contributed by atoms with van der Waals surface area (Å²) in [4.78, 5) is 10.5. The molecule has 7 heteroatoms. The van der Waals surface area contributed by atoms with Gasteiger partial charge in [0.25, 0.3) is 5.69 Å². The van der Waals surface area contributed by atoms with E-state index in [4.69, 9.17) is 0 Å². The number of benzene rings is 1. The standard InChI is InChI=1S/C14H20N2O4S/c1-21(19,20)12-7-8-13(14(9-12)16(17)18)15-10-11-5-3-2-4-6-11/h7-9,11,15H,2-6,10H2,1H3. The van der Waals surface area contributed by atoms with Crippen molar-refractivity contribution in [1.82, 2.24) is 0 Å². The van der Waals surface area contributed by atoms with Gasteiger partial charge in [-0.25, -0.2) is 8.42 Å². The average Bonchev–Trinajstić information content (AvgIpc) is 2.45. The third kappa shape index (κ3) is 4.17. The average molecular weight is 312 g/mol.